The molecule has 138 valence electrons. The molecule has 0 aliphatic carbocycles. The van der Waals surface area contributed by atoms with Crippen molar-refractivity contribution in [3.63, 3.8) is 0 Å². The van der Waals surface area contributed by atoms with Gasteiger partial charge in [0.25, 0.3) is 0 Å². The number of H-pyrrole nitrogens is 1. The first-order chi connectivity index (χ1) is 12.4. The molecule has 0 saturated carbocycles. The Kier molecular flexibility index (Phi) is 5.05. The van der Waals surface area contributed by atoms with Crippen LogP contribution in [0.2, 0.25) is 0 Å². The summed E-state index contributed by atoms with van der Waals surface area (Å²) in [4.78, 5) is 15.3. The minimum Gasteiger partial charge on any atom is -0.370 e. The number of hydrogen-bond acceptors (Lipinski definition) is 6. The Morgan fingerprint density at radius 1 is 1.31 bits per heavy atom. The first kappa shape index (κ1) is 17.7. The van der Waals surface area contributed by atoms with Crippen molar-refractivity contribution in [1.82, 2.24) is 29.7 Å². The van der Waals surface area contributed by atoms with E-state index in [0.717, 1.165) is 16.8 Å². The largest absolute Gasteiger partial charge is 0.408 e. The van der Waals surface area contributed by atoms with Crippen LogP contribution in [0, 0.1) is 6.92 Å². The zero-order valence-electron chi connectivity index (χ0n) is 13.9. The number of nitrogens with zero attached hydrogens (tertiary/aromatic N) is 5. The molecule has 0 unspecified atom stereocenters. The lowest BCUT2D eigenvalue weighted by Gasteiger charge is -2.07. The Bertz CT molecular complexity index is 841. The highest BCUT2D eigenvalue weighted by molar-refractivity contribution is 5.56. The van der Waals surface area contributed by atoms with Gasteiger partial charge >= 0.3 is 6.18 Å². The van der Waals surface area contributed by atoms with Crippen molar-refractivity contribution in [1.29, 1.82) is 0 Å². The minimum absolute atomic E-state index is 0.270. The highest BCUT2D eigenvalue weighted by Crippen LogP contribution is 2.21. The second-order valence-corrected chi connectivity index (χ2v) is 5.59. The molecule has 0 amide bonds. The fraction of sp³-hybridized carbons (Fsp3) is 0.333. The quantitative estimate of drug-likeness (QED) is 0.595. The maximum absolute atomic E-state index is 12.5. The lowest BCUT2D eigenvalue weighted by molar-refractivity contribution is -0.142. The second-order valence-electron chi connectivity index (χ2n) is 5.59. The molecule has 3 aromatic heterocycles. The number of aromatic nitrogens is 6. The summed E-state index contributed by atoms with van der Waals surface area (Å²) in [6.07, 6.45) is 2.62. The molecule has 0 bridgehead atoms. The van der Waals surface area contributed by atoms with Gasteiger partial charge in [0.15, 0.2) is 0 Å². The molecule has 0 aliphatic rings. The number of hydrogen-bond donors (Lipinski definition) is 3. The Balaban J connectivity index is 1.61. The van der Waals surface area contributed by atoms with Crippen molar-refractivity contribution in [2.75, 3.05) is 17.2 Å². The van der Waals surface area contributed by atoms with Crippen LogP contribution in [0.5, 0.6) is 0 Å². The van der Waals surface area contributed by atoms with Gasteiger partial charge in [0.1, 0.15) is 12.4 Å². The van der Waals surface area contributed by atoms with Crippen LogP contribution in [0.15, 0.2) is 31.0 Å². The van der Waals surface area contributed by atoms with E-state index in [2.05, 4.69) is 35.7 Å². The Morgan fingerprint density at radius 3 is 2.88 bits per heavy atom. The van der Waals surface area contributed by atoms with Gasteiger partial charge in [-0.2, -0.15) is 23.3 Å². The highest BCUT2D eigenvalue weighted by Gasteiger charge is 2.28. The Morgan fingerprint density at radius 2 is 2.15 bits per heavy atom. The smallest absolute Gasteiger partial charge is 0.370 e. The third-order valence-corrected chi connectivity index (χ3v) is 3.44. The van der Waals surface area contributed by atoms with E-state index in [9.17, 15) is 13.2 Å². The standard InChI is InChI=1S/C15H17F3N8/c1-10-12(7-26(25-10)8-15(16,17)18)23-14-21-5-3-13(24-14)20-4-2-11-6-19-9-22-11/h3,5-7,9H,2,4,8H2,1H3,(H,19,22)(H2,20,21,23,24). The molecule has 8 nitrogen and oxygen atoms in total. The lowest BCUT2D eigenvalue weighted by atomic mass is 10.3. The van der Waals surface area contributed by atoms with E-state index in [0.29, 0.717) is 23.7 Å². The van der Waals surface area contributed by atoms with Crippen molar-refractivity contribution in [2.24, 2.45) is 0 Å². The SMILES string of the molecule is Cc1nn(CC(F)(F)F)cc1Nc1nccc(NCCc2cnc[nH]2)n1. The van der Waals surface area contributed by atoms with E-state index in [4.69, 9.17) is 0 Å². The zero-order valence-corrected chi connectivity index (χ0v) is 13.9. The highest BCUT2D eigenvalue weighted by atomic mass is 19.4. The summed E-state index contributed by atoms with van der Waals surface area (Å²) in [6.45, 7) is 1.11. The number of rotatable bonds is 7. The fourth-order valence-electron chi connectivity index (χ4n) is 2.29. The molecule has 0 saturated heterocycles. The molecule has 3 heterocycles. The summed E-state index contributed by atoms with van der Waals surface area (Å²) in [5.41, 5.74) is 1.84. The van der Waals surface area contributed by atoms with Gasteiger partial charge in [0, 0.05) is 37.3 Å². The number of anilines is 3. The summed E-state index contributed by atoms with van der Waals surface area (Å²) in [7, 11) is 0. The van der Waals surface area contributed by atoms with E-state index in [1.54, 1.807) is 31.7 Å². The Hall–Kier alpha value is -3.11. The molecule has 11 heteroatoms. The van der Waals surface area contributed by atoms with Crippen molar-refractivity contribution in [2.45, 2.75) is 26.1 Å². The van der Waals surface area contributed by atoms with Crippen LogP contribution in [0.1, 0.15) is 11.4 Å². The number of aryl methyl sites for hydroxylation is 1. The summed E-state index contributed by atoms with van der Waals surface area (Å²) in [5, 5.41) is 9.89. The van der Waals surface area contributed by atoms with Gasteiger partial charge in [-0.15, -0.1) is 0 Å². The van der Waals surface area contributed by atoms with Crippen LogP contribution in [0.25, 0.3) is 0 Å². The third kappa shape index (κ3) is 4.94. The van der Waals surface area contributed by atoms with Gasteiger partial charge in [-0.3, -0.25) is 4.68 Å². The third-order valence-electron chi connectivity index (χ3n) is 3.44. The molecule has 0 radical (unpaired) electrons. The van der Waals surface area contributed by atoms with E-state index in [1.807, 2.05) is 0 Å². The second kappa shape index (κ2) is 7.42. The molecule has 0 fully saturated rings. The lowest BCUT2D eigenvalue weighted by Crippen LogP contribution is -2.17. The first-order valence-electron chi connectivity index (χ1n) is 7.81. The maximum atomic E-state index is 12.5. The summed E-state index contributed by atoms with van der Waals surface area (Å²) >= 11 is 0. The predicted octanol–water partition coefficient (Wildman–Crippen LogP) is 2.67. The van der Waals surface area contributed by atoms with E-state index < -0.39 is 12.7 Å². The molecule has 26 heavy (non-hydrogen) atoms. The van der Waals surface area contributed by atoms with Crippen molar-refractivity contribution >= 4 is 17.5 Å². The molecule has 0 aromatic carbocycles. The molecule has 3 N–H and O–H groups in total. The average Bonchev–Trinajstić information content (AvgIpc) is 3.17. The Labute approximate surface area is 146 Å². The van der Waals surface area contributed by atoms with Gasteiger partial charge in [-0.1, -0.05) is 0 Å². The van der Waals surface area contributed by atoms with Crippen LogP contribution in [-0.2, 0) is 13.0 Å². The first-order valence-corrected chi connectivity index (χ1v) is 7.81. The number of alkyl halides is 3. The summed E-state index contributed by atoms with van der Waals surface area (Å²) in [5.74, 6) is 0.869. The molecule has 0 atom stereocenters. The summed E-state index contributed by atoms with van der Waals surface area (Å²) < 4.78 is 38.2. The molecule has 0 aliphatic heterocycles. The van der Waals surface area contributed by atoms with Gasteiger partial charge in [-0.05, 0) is 13.0 Å². The zero-order chi connectivity index (χ0) is 18.6. The van der Waals surface area contributed by atoms with Crippen molar-refractivity contribution in [3.05, 3.63) is 42.4 Å². The number of imidazole rings is 1. The predicted molar refractivity (Wildman–Crippen MR) is 89.1 cm³/mol. The molecular weight excluding hydrogens is 349 g/mol. The van der Waals surface area contributed by atoms with E-state index >= 15 is 0 Å². The van der Waals surface area contributed by atoms with Gasteiger partial charge < -0.3 is 15.6 Å². The molecule has 0 spiro atoms. The van der Waals surface area contributed by atoms with E-state index in [-0.39, 0.29) is 5.95 Å². The monoisotopic (exact) mass is 366 g/mol. The van der Waals surface area contributed by atoms with Crippen molar-refractivity contribution in [3.8, 4) is 0 Å². The van der Waals surface area contributed by atoms with Crippen LogP contribution in [0.3, 0.4) is 0 Å². The fourth-order valence-corrected chi connectivity index (χ4v) is 2.29. The van der Waals surface area contributed by atoms with Gasteiger partial charge in [0.2, 0.25) is 5.95 Å². The van der Waals surface area contributed by atoms with Crippen LogP contribution in [-0.4, -0.2) is 42.4 Å². The number of aromatic amines is 1. The summed E-state index contributed by atoms with van der Waals surface area (Å²) in [6, 6.07) is 1.71. The molecule has 3 rings (SSSR count). The van der Waals surface area contributed by atoms with Gasteiger partial charge in [0.05, 0.1) is 17.7 Å². The van der Waals surface area contributed by atoms with Gasteiger partial charge in [-0.25, -0.2) is 9.97 Å². The molecule has 3 aromatic rings. The molecular formula is C15H17F3N8. The topological polar surface area (TPSA) is 96.3 Å². The number of halogens is 3. The maximum Gasteiger partial charge on any atom is 0.408 e. The van der Waals surface area contributed by atoms with Crippen LogP contribution >= 0.6 is 0 Å². The normalized spacial score (nSPS) is 11.5. The number of nitrogens with one attached hydrogen (secondary N) is 3. The van der Waals surface area contributed by atoms with E-state index in [1.165, 1.54) is 6.20 Å². The van der Waals surface area contributed by atoms with Crippen LogP contribution < -0.4 is 10.6 Å². The van der Waals surface area contributed by atoms with Crippen LogP contribution in [0.4, 0.5) is 30.6 Å². The average molecular weight is 366 g/mol. The minimum atomic E-state index is -4.33. The van der Waals surface area contributed by atoms with Crippen molar-refractivity contribution < 1.29 is 13.2 Å².